The number of nitrogens with zero attached hydrogens (tertiary/aromatic N) is 5. The average molecular weight is 323 g/mol. The SMILES string of the molecule is CCOC(=O)CSc1nnc(-c2cnccn2)n1CCCO. The molecule has 0 saturated carbocycles. The molecule has 0 radical (unpaired) electrons. The molecule has 0 saturated heterocycles. The van der Waals surface area contributed by atoms with Crippen molar-refractivity contribution in [3.8, 4) is 11.5 Å². The first-order valence-corrected chi connectivity index (χ1v) is 7.83. The molecule has 9 heteroatoms. The first-order chi connectivity index (χ1) is 10.8. The van der Waals surface area contributed by atoms with Crippen LogP contribution in [0.15, 0.2) is 23.7 Å². The lowest BCUT2D eigenvalue weighted by Crippen LogP contribution is -2.09. The maximum atomic E-state index is 11.5. The van der Waals surface area contributed by atoms with Gasteiger partial charge in [0.05, 0.1) is 18.6 Å². The summed E-state index contributed by atoms with van der Waals surface area (Å²) < 4.78 is 6.72. The molecule has 0 amide bonds. The third kappa shape index (κ3) is 4.25. The second kappa shape index (κ2) is 8.44. The summed E-state index contributed by atoms with van der Waals surface area (Å²) in [6, 6.07) is 0. The van der Waals surface area contributed by atoms with Gasteiger partial charge in [0.2, 0.25) is 0 Å². The molecule has 2 aromatic rings. The highest BCUT2D eigenvalue weighted by atomic mass is 32.2. The minimum Gasteiger partial charge on any atom is -0.465 e. The second-order valence-electron chi connectivity index (χ2n) is 4.22. The van der Waals surface area contributed by atoms with E-state index in [1.807, 2.05) is 4.57 Å². The summed E-state index contributed by atoms with van der Waals surface area (Å²) in [5.41, 5.74) is 0.593. The molecule has 0 unspecified atom stereocenters. The van der Waals surface area contributed by atoms with Crippen LogP contribution in [0.3, 0.4) is 0 Å². The summed E-state index contributed by atoms with van der Waals surface area (Å²) in [6.45, 7) is 2.70. The van der Waals surface area contributed by atoms with E-state index in [0.717, 1.165) is 0 Å². The first-order valence-electron chi connectivity index (χ1n) is 6.85. The van der Waals surface area contributed by atoms with E-state index < -0.39 is 0 Å². The third-order valence-electron chi connectivity index (χ3n) is 2.67. The summed E-state index contributed by atoms with van der Waals surface area (Å²) in [4.78, 5) is 19.7. The van der Waals surface area contributed by atoms with E-state index in [9.17, 15) is 4.79 Å². The van der Waals surface area contributed by atoms with Crippen LogP contribution in [0, 0.1) is 0 Å². The quantitative estimate of drug-likeness (QED) is 0.561. The van der Waals surface area contributed by atoms with Crippen LogP contribution in [0.1, 0.15) is 13.3 Å². The standard InChI is InChI=1S/C13H17N5O3S/c1-2-21-11(20)9-22-13-17-16-12(18(13)6-3-7-19)10-8-14-4-5-15-10/h4-5,8,19H,2-3,6-7,9H2,1H3. The molecule has 2 heterocycles. The highest BCUT2D eigenvalue weighted by Gasteiger charge is 2.16. The zero-order valence-electron chi connectivity index (χ0n) is 12.2. The Bertz CT molecular complexity index is 605. The number of hydrogen-bond donors (Lipinski definition) is 1. The largest absolute Gasteiger partial charge is 0.465 e. The molecule has 0 aliphatic heterocycles. The van der Waals surface area contributed by atoms with Crippen LogP contribution in [-0.2, 0) is 16.1 Å². The van der Waals surface area contributed by atoms with Crippen molar-refractivity contribution >= 4 is 17.7 Å². The normalized spacial score (nSPS) is 10.6. The number of esters is 1. The summed E-state index contributed by atoms with van der Waals surface area (Å²) in [5, 5.41) is 17.8. The Kier molecular flexibility index (Phi) is 6.28. The van der Waals surface area contributed by atoms with Crippen molar-refractivity contribution in [2.75, 3.05) is 19.0 Å². The number of hydrogen-bond acceptors (Lipinski definition) is 8. The molecule has 2 aromatic heterocycles. The molecule has 0 atom stereocenters. The predicted octanol–water partition coefficient (Wildman–Crippen LogP) is 0.773. The van der Waals surface area contributed by atoms with Gasteiger partial charge < -0.3 is 14.4 Å². The van der Waals surface area contributed by atoms with Crippen LogP contribution in [0.2, 0.25) is 0 Å². The molecule has 0 fully saturated rings. The topological polar surface area (TPSA) is 103 Å². The number of ether oxygens (including phenoxy) is 1. The zero-order valence-corrected chi connectivity index (χ0v) is 13.0. The van der Waals surface area contributed by atoms with E-state index in [1.165, 1.54) is 11.8 Å². The maximum Gasteiger partial charge on any atom is 0.316 e. The van der Waals surface area contributed by atoms with Gasteiger partial charge in [-0.1, -0.05) is 11.8 Å². The second-order valence-corrected chi connectivity index (χ2v) is 5.16. The highest BCUT2D eigenvalue weighted by Crippen LogP contribution is 2.22. The lowest BCUT2D eigenvalue weighted by Gasteiger charge is -2.08. The van der Waals surface area contributed by atoms with Crippen molar-refractivity contribution in [2.45, 2.75) is 25.0 Å². The Morgan fingerprint density at radius 3 is 2.95 bits per heavy atom. The van der Waals surface area contributed by atoms with Gasteiger partial charge in [-0.05, 0) is 13.3 Å². The fraction of sp³-hybridized carbons (Fsp3) is 0.462. The minimum atomic E-state index is -0.301. The van der Waals surface area contributed by atoms with Gasteiger partial charge in [-0.2, -0.15) is 0 Å². The third-order valence-corrected chi connectivity index (χ3v) is 3.61. The van der Waals surface area contributed by atoms with Crippen molar-refractivity contribution in [1.29, 1.82) is 0 Å². The molecule has 0 aromatic carbocycles. The molecule has 0 aliphatic carbocycles. The lowest BCUT2D eigenvalue weighted by molar-refractivity contribution is -0.139. The van der Waals surface area contributed by atoms with Crippen LogP contribution in [0.5, 0.6) is 0 Å². The summed E-state index contributed by atoms with van der Waals surface area (Å²) in [6.07, 6.45) is 5.30. The molecule has 0 spiro atoms. The van der Waals surface area contributed by atoms with Crippen LogP contribution in [0.4, 0.5) is 0 Å². The molecular formula is C13H17N5O3S. The Morgan fingerprint density at radius 1 is 1.41 bits per heavy atom. The van der Waals surface area contributed by atoms with E-state index in [2.05, 4.69) is 20.2 Å². The average Bonchev–Trinajstić information content (AvgIpc) is 2.95. The minimum absolute atomic E-state index is 0.0556. The molecule has 8 nitrogen and oxygen atoms in total. The Balaban J connectivity index is 2.19. The van der Waals surface area contributed by atoms with Crippen molar-refractivity contribution in [2.24, 2.45) is 0 Å². The van der Waals surface area contributed by atoms with Gasteiger partial charge in [0, 0.05) is 25.5 Å². The molecule has 1 N–H and O–H groups in total. The number of thioether (sulfide) groups is 1. The molecule has 2 rings (SSSR count). The van der Waals surface area contributed by atoms with E-state index in [4.69, 9.17) is 9.84 Å². The zero-order chi connectivity index (χ0) is 15.8. The van der Waals surface area contributed by atoms with Gasteiger partial charge in [0.15, 0.2) is 11.0 Å². The summed E-state index contributed by atoms with van der Waals surface area (Å²) >= 11 is 1.25. The van der Waals surface area contributed by atoms with Gasteiger partial charge in [0.25, 0.3) is 0 Å². The molecule has 118 valence electrons. The van der Waals surface area contributed by atoms with Crippen LogP contribution in [-0.4, -0.2) is 54.8 Å². The molecule has 0 aliphatic rings. The van der Waals surface area contributed by atoms with Crippen molar-refractivity contribution in [3.63, 3.8) is 0 Å². The highest BCUT2D eigenvalue weighted by molar-refractivity contribution is 7.99. The molecule has 0 bridgehead atoms. The predicted molar refractivity (Wildman–Crippen MR) is 80.1 cm³/mol. The Hall–Kier alpha value is -2.00. The molecular weight excluding hydrogens is 306 g/mol. The summed E-state index contributed by atoms with van der Waals surface area (Å²) in [5.74, 6) is 0.420. The Labute approximate surface area is 132 Å². The van der Waals surface area contributed by atoms with Crippen LogP contribution < -0.4 is 0 Å². The number of aromatic nitrogens is 5. The monoisotopic (exact) mass is 323 g/mol. The lowest BCUT2D eigenvalue weighted by atomic mass is 10.4. The van der Waals surface area contributed by atoms with E-state index in [-0.39, 0.29) is 18.3 Å². The van der Waals surface area contributed by atoms with Crippen molar-refractivity contribution < 1.29 is 14.6 Å². The van der Waals surface area contributed by atoms with Gasteiger partial charge in [-0.25, -0.2) is 4.98 Å². The number of aliphatic hydroxyl groups excluding tert-OH is 1. The number of carbonyl (C=O) groups is 1. The fourth-order valence-electron chi connectivity index (χ4n) is 1.76. The smallest absolute Gasteiger partial charge is 0.316 e. The van der Waals surface area contributed by atoms with Crippen LogP contribution >= 0.6 is 11.8 Å². The Morgan fingerprint density at radius 2 is 2.27 bits per heavy atom. The maximum absolute atomic E-state index is 11.5. The van der Waals surface area contributed by atoms with Gasteiger partial charge >= 0.3 is 5.97 Å². The van der Waals surface area contributed by atoms with E-state index in [1.54, 1.807) is 25.5 Å². The van der Waals surface area contributed by atoms with E-state index >= 15 is 0 Å². The number of rotatable bonds is 8. The van der Waals surface area contributed by atoms with Gasteiger partial charge in [0.1, 0.15) is 5.69 Å². The fourth-order valence-corrected chi connectivity index (χ4v) is 2.52. The van der Waals surface area contributed by atoms with Crippen molar-refractivity contribution in [1.82, 2.24) is 24.7 Å². The number of aliphatic hydroxyl groups is 1. The number of carbonyl (C=O) groups excluding carboxylic acids is 1. The van der Waals surface area contributed by atoms with Gasteiger partial charge in [-0.15, -0.1) is 10.2 Å². The van der Waals surface area contributed by atoms with Crippen molar-refractivity contribution in [3.05, 3.63) is 18.6 Å². The molecule has 22 heavy (non-hydrogen) atoms. The first kappa shape index (κ1) is 16.4. The van der Waals surface area contributed by atoms with E-state index in [0.29, 0.717) is 36.2 Å². The summed E-state index contributed by atoms with van der Waals surface area (Å²) in [7, 11) is 0. The van der Waals surface area contributed by atoms with Crippen LogP contribution in [0.25, 0.3) is 11.5 Å². The van der Waals surface area contributed by atoms with Gasteiger partial charge in [-0.3, -0.25) is 9.78 Å².